The molecule has 0 spiro atoms. The zero-order valence-electron chi connectivity index (χ0n) is 8.51. The first kappa shape index (κ1) is 9.44. The van der Waals surface area contributed by atoms with E-state index in [9.17, 15) is 0 Å². The van der Waals surface area contributed by atoms with E-state index in [1.807, 2.05) is 7.11 Å². The van der Waals surface area contributed by atoms with Gasteiger partial charge in [0.2, 0.25) is 0 Å². The standard InChI is InChI=1S/C10H20N2O/c1-13-9-10-4-7-12(10)6-3-2-5-11-8-10/h11H,2-9H2,1H3. The maximum absolute atomic E-state index is 5.32. The molecule has 3 heteroatoms. The van der Waals surface area contributed by atoms with E-state index in [2.05, 4.69) is 10.2 Å². The van der Waals surface area contributed by atoms with E-state index >= 15 is 0 Å². The van der Waals surface area contributed by atoms with Crippen molar-refractivity contribution in [3.63, 3.8) is 0 Å². The summed E-state index contributed by atoms with van der Waals surface area (Å²) >= 11 is 0. The van der Waals surface area contributed by atoms with Crippen LogP contribution in [0.4, 0.5) is 0 Å². The summed E-state index contributed by atoms with van der Waals surface area (Å²) in [7, 11) is 1.81. The second-order valence-electron chi connectivity index (χ2n) is 4.28. The predicted molar refractivity (Wildman–Crippen MR) is 52.9 cm³/mol. The molecule has 0 saturated carbocycles. The summed E-state index contributed by atoms with van der Waals surface area (Å²) in [5.74, 6) is 0. The van der Waals surface area contributed by atoms with E-state index in [0.29, 0.717) is 5.54 Å². The molecular weight excluding hydrogens is 164 g/mol. The second-order valence-corrected chi connectivity index (χ2v) is 4.28. The number of rotatable bonds is 2. The van der Waals surface area contributed by atoms with E-state index < -0.39 is 0 Å². The van der Waals surface area contributed by atoms with Gasteiger partial charge in [0, 0.05) is 20.2 Å². The lowest BCUT2D eigenvalue weighted by atomic mass is 9.84. The van der Waals surface area contributed by atoms with Crippen LogP contribution in [0.3, 0.4) is 0 Å². The van der Waals surface area contributed by atoms with Gasteiger partial charge in [0.05, 0.1) is 12.1 Å². The number of hydrogen-bond donors (Lipinski definition) is 1. The maximum Gasteiger partial charge on any atom is 0.0659 e. The summed E-state index contributed by atoms with van der Waals surface area (Å²) in [5.41, 5.74) is 0.342. The van der Waals surface area contributed by atoms with Crippen LogP contribution in [-0.2, 0) is 4.74 Å². The molecule has 2 fully saturated rings. The lowest BCUT2D eigenvalue weighted by Gasteiger charge is -2.53. The molecule has 0 bridgehead atoms. The maximum atomic E-state index is 5.32. The first-order valence-electron chi connectivity index (χ1n) is 5.32. The van der Waals surface area contributed by atoms with Crippen molar-refractivity contribution in [3.05, 3.63) is 0 Å². The van der Waals surface area contributed by atoms with Gasteiger partial charge in [-0.25, -0.2) is 0 Å². The van der Waals surface area contributed by atoms with Gasteiger partial charge in [-0.1, -0.05) is 0 Å². The van der Waals surface area contributed by atoms with Crippen LogP contribution in [0.15, 0.2) is 0 Å². The minimum atomic E-state index is 0.342. The predicted octanol–water partition coefficient (Wildman–Crippen LogP) is 0.461. The van der Waals surface area contributed by atoms with Crippen LogP contribution >= 0.6 is 0 Å². The Bertz CT molecular complexity index is 174. The van der Waals surface area contributed by atoms with Crippen LogP contribution < -0.4 is 5.32 Å². The van der Waals surface area contributed by atoms with Gasteiger partial charge in [-0.15, -0.1) is 0 Å². The van der Waals surface area contributed by atoms with Crippen LogP contribution in [0.5, 0.6) is 0 Å². The molecule has 1 unspecified atom stereocenters. The SMILES string of the molecule is COCC12CCN1CCCCNC2. The Morgan fingerprint density at radius 2 is 2.31 bits per heavy atom. The average Bonchev–Trinajstić information content (AvgIpc) is 2.11. The number of ether oxygens (including phenoxy) is 1. The molecule has 2 rings (SSSR count). The number of nitrogens with zero attached hydrogens (tertiary/aromatic N) is 1. The highest BCUT2D eigenvalue weighted by Crippen LogP contribution is 2.31. The Balaban J connectivity index is 1.96. The van der Waals surface area contributed by atoms with E-state index in [-0.39, 0.29) is 0 Å². The van der Waals surface area contributed by atoms with Crippen molar-refractivity contribution in [1.82, 2.24) is 10.2 Å². The first-order chi connectivity index (χ1) is 6.37. The van der Waals surface area contributed by atoms with Crippen LogP contribution in [0.25, 0.3) is 0 Å². The Labute approximate surface area is 80.4 Å². The van der Waals surface area contributed by atoms with Crippen LogP contribution in [0.2, 0.25) is 0 Å². The van der Waals surface area contributed by atoms with Gasteiger partial charge in [0.15, 0.2) is 0 Å². The molecule has 0 aliphatic carbocycles. The Morgan fingerprint density at radius 3 is 3.00 bits per heavy atom. The third-order valence-corrected chi connectivity index (χ3v) is 3.42. The van der Waals surface area contributed by atoms with Gasteiger partial charge in [-0.3, -0.25) is 4.90 Å². The zero-order chi connectivity index (χ0) is 9.15. The van der Waals surface area contributed by atoms with Crippen molar-refractivity contribution < 1.29 is 4.74 Å². The van der Waals surface area contributed by atoms with E-state index in [1.165, 1.54) is 38.9 Å². The molecule has 13 heavy (non-hydrogen) atoms. The normalized spacial score (nSPS) is 35.8. The zero-order valence-corrected chi connectivity index (χ0v) is 8.51. The Morgan fingerprint density at radius 1 is 1.38 bits per heavy atom. The fraction of sp³-hybridized carbons (Fsp3) is 1.00. The molecule has 3 nitrogen and oxygen atoms in total. The van der Waals surface area contributed by atoms with Crippen molar-refractivity contribution in [3.8, 4) is 0 Å². The Hall–Kier alpha value is -0.120. The minimum absolute atomic E-state index is 0.342. The molecule has 0 aromatic carbocycles. The fourth-order valence-electron chi connectivity index (χ4n) is 2.49. The smallest absolute Gasteiger partial charge is 0.0659 e. The molecule has 76 valence electrons. The first-order valence-corrected chi connectivity index (χ1v) is 5.32. The molecule has 2 aliphatic heterocycles. The summed E-state index contributed by atoms with van der Waals surface area (Å²) in [5, 5.41) is 3.52. The highest BCUT2D eigenvalue weighted by molar-refractivity contribution is 5.01. The van der Waals surface area contributed by atoms with Crippen molar-refractivity contribution in [2.24, 2.45) is 0 Å². The lowest BCUT2D eigenvalue weighted by molar-refractivity contribution is -0.0678. The molecule has 2 heterocycles. The number of hydrogen-bond acceptors (Lipinski definition) is 3. The largest absolute Gasteiger partial charge is 0.383 e. The molecule has 2 saturated heterocycles. The summed E-state index contributed by atoms with van der Waals surface area (Å²) in [6, 6.07) is 0. The van der Waals surface area contributed by atoms with Crippen LogP contribution in [0.1, 0.15) is 19.3 Å². The Kier molecular flexibility index (Phi) is 2.86. The second kappa shape index (κ2) is 3.95. The molecular formula is C10H20N2O. The quantitative estimate of drug-likeness (QED) is 0.675. The van der Waals surface area contributed by atoms with E-state index in [0.717, 1.165) is 13.2 Å². The summed E-state index contributed by atoms with van der Waals surface area (Å²) < 4.78 is 5.32. The highest BCUT2D eigenvalue weighted by atomic mass is 16.5. The number of fused-ring (bicyclic) bond motifs is 1. The van der Waals surface area contributed by atoms with Crippen molar-refractivity contribution in [1.29, 1.82) is 0 Å². The van der Waals surface area contributed by atoms with Gasteiger partial charge < -0.3 is 10.1 Å². The third kappa shape index (κ3) is 1.73. The van der Waals surface area contributed by atoms with Crippen LogP contribution in [-0.4, -0.2) is 50.3 Å². The van der Waals surface area contributed by atoms with E-state index in [1.54, 1.807) is 0 Å². The number of methoxy groups -OCH3 is 1. The molecule has 0 aromatic rings. The van der Waals surface area contributed by atoms with E-state index in [4.69, 9.17) is 4.74 Å². The molecule has 2 aliphatic rings. The highest BCUT2D eigenvalue weighted by Gasteiger charge is 2.44. The minimum Gasteiger partial charge on any atom is -0.383 e. The van der Waals surface area contributed by atoms with Gasteiger partial charge >= 0.3 is 0 Å². The molecule has 1 atom stereocenters. The fourth-order valence-corrected chi connectivity index (χ4v) is 2.49. The molecule has 0 radical (unpaired) electrons. The summed E-state index contributed by atoms with van der Waals surface area (Å²) in [6.45, 7) is 5.72. The van der Waals surface area contributed by atoms with Gasteiger partial charge in [-0.2, -0.15) is 0 Å². The van der Waals surface area contributed by atoms with Crippen molar-refractivity contribution >= 4 is 0 Å². The monoisotopic (exact) mass is 184 g/mol. The number of nitrogens with one attached hydrogen (secondary N) is 1. The van der Waals surface area contributed by atoms with Gasteiger partial charge in [-0.05, 0) is 32.4 Å². The van der Waals surface area contributed by atoms with Gasteiger partial charge in [0.1, 0.15) is 0 Å². The summed E-state index contributed by atoms with van der Waals surface area (Å²) in [4.78, 5) is 2.59. The molecule has 1 N–H and O–H groups in total. The summed E-state index contributed by atoms with van der Waals surface area (Å²) in [6.07, 6.45) is 3.95. The molecule has 0 amide bonds. The average molecular weight is 184 g/mol. The van der Waals surface area contributed by atoms with Gasteiger partial charge in [0.25, 0.3) is 0 Å². The van der Waals surface area contributed by atoms with Crippen molar-refractivity contribution in [2.75, 3.05) is 39.9 Å². The third-order valence-electron chi connectivity index (χ3n) is 3.42. The van der Waals surface area contributed by atoms with Crippen molar-refractivity contribution in [2.45, 2.75) is 24.8 Å². The van der Waals surface area contributed by atoms with Crippen LogP contribution in [0, 0.1) is 0 Å². The molecule has 0 aromatic heterocycles. The topological polar surface area (TPSA) is 24.5 Å². The lowest BCUT2D eigenvalue weighted by Crippen LogP contribution is -2.67.